The zero-order valence-corrected chi connectivity index (χ0v) is 12.2. The summed E-state index contributed by atoms with van der Waals surface area (Å²) in [4.78, 5) is 16.8. The summed E-state index contributed by atoms with van der Waals surface area (Å²) in [5.74, 6) is 0.153. The molecule has 1 aromatic heterocycles. The van der Waals surface area contributed by atoms with Crippen LogP contribution in [0.1, 0.15) is 45.6 Å². The van der Waals surface area contributed by atoms with Gasteiger partial charge in [0, 0.05) is 18.0 Å². The van der Waals surface area contributed by atoms with Crippen LogP contribution in [0.3, 0.4) is 0 Å². The lowest BCUT2D eigenvalue weighted by Crippen LogP contribution is -2.18. The smallest absolute Gasteiger partial charge is 0.185 e. The quantitative estimate of drug-likeness (QED) is 0.787. The summed E-state index contributed by atoms with van der Waals surface area (Å²) in [6, 6.07) is 1.92. The molecular weight excluding hydrogens is 236 g/mol. The maximum Gasteiger partial charge on any atom is 0.185 e. The average molecular weight is 256 g/mol. The van der Waals surface area contributed by atoms with Gasteiger partial charge >= 0.3 is 0 Å². The number of Topliss-reactive ketones (excluding diaryl/α,β-unsaturated/α-hetero) is 1. The van der Waals surface area contributed by atoms with Gasteiger partial charge in [-0.3, -0.25) is 4.79 Å². The zero-order chi connectivity index (χ0) is 14.2. The van der Waals surface area contributed by atoms with Crippen molar-refractivity contribution in [1.82, 2.24) is 9.55 Å². The van der Waals surface area contributed by atoms with Crippen LogP contribution in [0.2, 0.25) is 0 Å². The minimum Gasteiger partial charge on any atom is -0.327 e. The Kier molecular flexibility index (Phi) is 3.56. The van der Waals surface area contributed by atoms with E-state index in [-0.39, 0.29) is 11.8 Å². The molecule has 2 rings (SSSR count). The standard InChI is InChI=1S/C16H20N2O/c1-10-8-11(2)13(4)15(12(10)3)16(19)14(5)18-7-6-17-9-18/h6-9,14H,1-5H3. The van der Waals surface area contributed by atoms with Gasteiger partial charge in [0.2, 0.25) is 0 Å². The number of aromatic nitrogens is 2. The number of carbonyl (C=O) groups excluding carboxylic acids is 1. The van der Waals surface area contributed by atoms with Crippen molar-refractivity contribution < 1.29 is 4.79 Å². The number of hydrogen-bond acceptors (Lipinski definition) is 2. The van der Waals surface area contributed by atoms with Crippen LogP contribution >= 0.6 is 0 Å². The normalized spacial score (nSPS) is 12.5. The lowest BCUT2D eigenvalue weighted by Gasteiger charge is -2.18. The molecule has 3 heteroatoms. The minimum atomic E-state index is -0.221. The summed E-state index contributed by atoms with van der Waals surface area (Å²) in [5, 5.41) is 0. The molecule has 0 radical (unpaired) electrons. The van der Waals surface area contributed by atoms with E-state index in [1.54, 1.807) is 12.5 Å². The molecule has 1 heterocycles. The van der Waals surface area contributed by atoms with E-state index in [1.807, 2.05) is 31.5 Å². The highest BCUT2D eigenvalue weighted by Crippen LogP contribution is 2.25. The summed E-state index contributed by atoms with van der Waals surface area (Å²) in [6.45, 7) is 10.1. The molecular formula is C16H20N2O. The summed E-state index contributed by atoms with van der Waals surface area (Å²) in [7, 11) is 0. The van der Waals surface area contributed by atoms with Gasteiger partial charge in [0.25, 0.3) is 0 Å². The van der Waals surface area contributed by atoms with Gasteiger partial charge in [0.1, 0.15) is 0 Å². The third kappa shape index (κ3) is 2.33. The lowest BCUT2D eigenvalue weighted by molar-refractivity contribution is 0.0933. The van der Waals surface area contributed by atoms with Crippen LogP contribution in [-0.2, 0) is 0 Å². The van der Waals surface area contributed by atoms with Gasteiger partial charge in [-0.2, -0.15) is 0 Å². The molecule has 0 spiro atoms. The molecule has 0 aliphatic rings. The monoisotopic (exact) mass is 256 g/mol. The number of nitrogens with zero attached hydrogens (tertiary/aromatic N) is 2. The highest BCUT2D eigenvalue weighted by Gasteiger charge is 2.21. The highest BCUT2D eigenvalue weighted by molar-refractivity contribution is 6.01. The van der Waals surface area contributed by atoms with Gasteiger partial charge in [0.05, 0.1) is 12.4 Å². The van der Waals surface area contributed by atoms with E-state index < -0.39 is 0 Å². The predicted octanol–water partition coefficient (Wildman–Crippen LogP) is 3.56. The van der Waals surface area contributed by atoms with Crippen molar-refractivity contribution in [3.63, 3.8) is 0 Å². The first-order valence-corrected chi connectivity index (χ1v) is 6.52. The molecule has 1 atom stereocenters. The van der Waals surface area contributed by atoms with Crippen LogP contribution in [0.4, 0.5) is 0 Å². The summed E-state index contributed by atoms with van der Waals surface area (Å²) < 4.78 is 1.85. The van der Waals surface area contributed by atoms with Crippen LogP contribution in [0, 0.1) is 27.7 Å². The van der Waals surface area contributed by atoms with Crippen LogP contribution in [0.15, 0.2) is 24.8 Å². The summed E-state index contributed by atoms with van der Waals surface area (Å²) in [6.07, 6.45) is 5.22. The Morgan fingerprint density at radius 3 is 2.21 bits per heavy atom. The van der Waals surface area contributed by atoms with Crippen molar-refractivity contribution in [3.05, 3.63) is 52.6 Å². The van der Waals surface area contributed by atoms with E-state index in [2.05, 4.69) is 24.9 Å². The van der Waals surface area contributed by atoms with E-state index in [9.17, 15) is 4.79 Å². The third-order valence-electron chi connectivity index (χ3n) is 3.96. The Labute approximate surface area is 114 Å². The number of imidazole rings is 1. The van der Waals surface area contributed by atoms with Gasteiger partial charge in [-0.15, -0.1) is 0 Å². The fraction of sp³-hybridized carbons (Fsp3) is 0.375. The second-order valence-corrected chi connectivity index (χ2v) is 5.19. The first-order chi connectivity index (χ1) is 8.93. The van der Waals surface area contributed by atoms with Crippen LogP contribution in [0.5, 0.6) is 0 Å². The predicted molar refractivity (Wildman–Crippen MR) is 76.7 cm³/mol. The van der Waals surface area contributed by atoms with Gasteiger partial charge in [-0.1, -0.05) is 6.07 Å². The Morgan fingerprint density at radius 2 is 1.74 bits per heavy atom. The Balaban J connectivity index is 2.50. The second kappa shape index (κ2) is 5.00. The molecule has 0 amide bonds. The molecule has 1 unspecified atom stereocenters. The summed E-state index contributed by atoms with van der Waals surface area (Å²) >= 11 is 0. The minimum absolute atomic E-state index is 0.153. The van der Waals surface area contributed by atoms with E-state index in [0.29, 0.717) is 0 Å². The fourth-order valence-electron chi connectivity index (χ4n) is 2.43. The molecule has 0 fully saturated rings. The number of hydrogen-bond donors (Lipinski definition) is 0. The first-order valence-electron chi connectivity index (χ1n) is 6.52. The van der Waals surface area contributed by atoms with E-state index in [0.717, 1.165) is 16.7 Å². The van der Waals surface area contributed by atoms with Crippen molar-refractivity contribution in [1.29, 1.82) is 0 Å². The van der Waals surface area contributed by atoms with Crippen molar-refractivity contribution in [2.75, 3.05) is 0 Å². The molecule has 0 saturated carbocycles. The Morgan fingerprint density at radius 1 is 1.16 bits per heavy atom. The van der Waals surface area contributed by atoms with Gasteiger partial charge in [0.15, 0.2) is 5.78 Å². The van der Waals surface area contributed by atoms with Crippen molar-refractivity contribution >= 4 is 5.78 Å². The molecule has 0 N–H and O–H groups in total. The number of benzene rings is 1. The van der Waals surface area contributed by atoms with Crippen LogP contribution < -0.4 is 0 Å². The second-order valence-electron chi connectivity index (χ2n) is 5.19. The Bertz CT molecular complexity index is 586. The molecule has 3 nitrogen and oxygen atoms in total. The summed E-state index contributed by atoms with van der Waals surface area (Å²) in [5.41, 5.74) is 5.37. The van der Waals surface area contributed by atoms with Crippen LogP contribution in [-0.4, -0.2) is 15.3 Å². The molecule has 1 aromatic carbocycles. The van der Waals surface area contributed by atoms with Gasteiger partial charge in [-0.25, -0.2) is 4.98 Å². The molecule has 0 bridgehead atoms. The average Bonchev–Trinajstić information content (AvgIpc) is 2.89. The van der Waals surface area contributed by atoms with E-state index in [4.69, 9.17) is 0 Å². The number of ketones is 1. The topological polar surface area (TPSA) is 34.9 Å². The van der Waals surface area contributed by atoms with E-state index in [1.165, 1.54) is 11.1 Å². The van der Waals surface area contributed by atoms with Crippen molar-refractivity contribution in [3.8, 4) is 0 Å². The van der Waals surface area contributed by atoms with Gasteiger partial charge in [-0.05, 0) is 56.9 Å². The molecule has 19 heavy (non-hydrogen) atoms. The maximum atomic E-state index is 12.7. The molecule has 0 saturated heterocycles. The number of aryl methyl sites for hydroxylation is 2. The lowest BCUT2D eigenvalue weighted by atomic mass is 9.89. The zero-order valence-electron chi connectivity index (χ0n) is 12.2. The highest BCUT2D eigenvalue weighted by atomic mass is 16.1. The van der Waals surface area contributed by atoms with Crippen molar-refractivity contribution in [2.45, 2.75) is 40.7 Å². The van der Waals surface area contributed by atoms with Gasteiger partial charge < -0.3 is 4.57 Å². The Hall–Kier alpha value is -1.90. The SMILES string of the molecule is Cc1cc(C)c(C)c(C(=O)C(C)n2ccnc2)c1C. The van der Waals surface area contributed by atoms with Crippen LogP contribution in [0.25, 0.3) is 0 Å². The first kappa shape index (κ1) is 13.5. The third-order valence-corrected chi connectivity index (χ3v) is 3.96. The van der Waals surface area contributed by atoms with Crippen molar-refractivity contribution in [2.24, 2.45) is 0 Å². The maximum absolute atomic E-state index is 12.7. The molecule has 100 valence electrons. The molecule has 2 aromatic rings. The molecule has 0 aliphatic carbocycles. The largest absolute Gasteiger partial charge is 0.327 e. The molecule has 0 aliphatic heterocycles. The van der Waals surface area contributed by atoms with E-state index >= 15 is 0 Å². The fourth-order valence-corrected chi connectivity index (χ4v) is 2.43. The number of rotatable bonds is 3. The number of carbonyl (C=O) groups is 1.